The van der Waals surface area contributed by atoms with Gasteiger partial charge in [0.25, 0.3) is 0 Å². The van der Waals surface area contributed by atoms with Crippen molar-refractivity contribution in [2.45, 2.75) is 6.92 Å². The third-order valence-corrected chi connectivity index (χ3v) is 0.288. The molecule has 0 aromatic rings. The maximum absolute atomic E-state index is 5.09. The predicted molar refractivity (Wildman–Crippen MR) is 33.6 cm³/mol. The van der Waals surface area contributed by atoms with Crippen LogP contribution in [0.4, 0.5) is 0 Å². The summed E-state index contributed by atoms with van der Waals surface area (Å²) in [5.41, 5.74) is 7.62. The lowest BCUT2D eigenvalue weighted by atomic mass is 10.7. The molecule has 0 fully saturated rings. The number of hydrogen-bond acceptors (Lipinski definition) is 2. The SMILES string of the molecule is CN/N=C(\C)N.Cl. The van der Waals surface area contributed by atoms with E-state index in [1.807, 2.05) is 0 Å². The van der Waals surface area contributed by atoms with Gasteiger partial charge in [-0.15, -0.1) is 12.4 Å². The highest BCUT2D eigenvalue weighted by molar-refractivity contribution is 5.85. The van der Waals surface area contributed by atoms with Gasteiger partial charge in [-0.2, -0.15) is 5.10 Å². The van der Waals surface area contributed by atoms with E-state index in [9.17, 15) is 0 Å². The predicted octanol–water partition coefficient (Wildman–Crippen LogP) is -0.0803. The van der Waals surface area contributed by atoms with Gasteiger partial charge in [0.1, 0.15) is 5.84 Å². The lowest BCUT2D eigenvalue weighted by Gasteiger charge is -1.85. The van der Waals surface area contributed by atoms with Gasteiger partial charge < -0.3 is 11.2 Å². The van der Waals surface area contributed by atoms with Crippen molar-refractivity contribution < 1.29 is 0 Å². The molecule has 0 heterocycles. The Bertz CT molecular complexity index is 57.2. The molecule has 0 aliphatic heterocycles. The molecule has 0 unspecified atom stereocenters. The number of nitrogens with zero attached hydrogens (tertiary/aromatic N) is 1. The number of halogens is 1. The topological polar surface area (TPSA) is 50.4 Å². The molecule has 0 bridgehead atoms. The van der Waals surface area contributed by atoms with Gasteiger partial charge in [0.05, 0.1) is 0 Å². The molecule has 0 aliphatic carbocycles. The molecule has 44 valence electrons. The fraction of sp³-hybridized carbons (Fsp3) is 0.667. The zero-order valence-electron chi connectivity index (χ0n) is 4.43. The highest BCUT2D eigenvalue weighted by atomic mass is 35.5. The molecule has 0 rings (SSSR count). The van der Waals surface area contributed by atoms with Crippen LogP contribution in [0.25, 0.3) is 0 Å². The van der Waals surface area contributed by atoms with Crippen LogP contribution >= 0.6 is 12.4 Å². The molecule has 0 atom stereocenters. The van der Waals surface area contributed by atoms with Crippen LogP contribution in [-0.2, 0) is 0 Å². The van der Waals surface area contributed by atoms with Gasteiger partial charge in [0.15, 0.2) is 0 Å². The third-order valence-electron chi connectivity index (χ3n) is 0.288. The van der Waals surface area contributed by atoms with Crippen LogP contribution < -0.4 is 11.2 Å². The second-order valence-corrected chi connectivity index (χ2v) is 0.977. The molecule has 0 aromatic carbocycles. The maximum Gasteiger partial charge on any atom is 0.116 e. The minimum Gasteiger partial charge on any atom is -0.386 e. The molecule has 4 heteroatoms. The van der Waals surface area contributed by atoms with E-state index in [2.05, 4.69) is 10.5 Å². The Morgan fingerprint density at radius 1 is 1.71 bits per heavy atom. The third kappa shape index (κ3) is 10.8. The summed E-state index contributed by atoms with van der Waals surface area (Å²) in [5.74, 6) is 0.553. The molecule has 0 saturated carbocycles. The number of amidine groups is 1. The van der Waals surface area contributed by atoms with Crippen LogP contribution in [0.1, 0.15) is 6.92 Å². The van der Waals surface area contributed by atoms with Crippen LogP contribution in [0.15, 0.2) is 5.10 Å². The highest BCUT2D eigenvalue weighted by Crippen LogP contribution is 1.52. The van der Waals surface area contributed by atoms with Crippen LogP contribution in [0, 0.1) is 0 Å². The van der Waals surface area contributed by atoms with Crippen molar-refractivity contribution in [3.05, 3.63) is 0 Å². The van der Waals surface area contributed by atoms with Gasteiger partial charge in [0, 0.05) is 7.05 Å². The van der Waals surface area contributed by atoms with Gasteiger partial charge in [0.2, 0.25) is 0 Å². The summed E-state index contributed by atoms with van der Waals surface area (Å²) in [5, 5.41) is 3.57. The Kier molecular flexibility index (Phi) is 7.75. The Labute approximate surface area is 49.4 Å². The highest BCUT2D eigenvalue weighted by Gasteiger charge is 1.66. The van der Waals surface area contributed by atoms with E-state index in [1.54, 1.807) is 14.0 Å². The van der Waals surface area contributed by atoms with Crippen molar-refractivity contribution in [3.8, 4) is 0 Å². The summed E-state index contributed by atoms with van der Waals surface area (Å²) in [6.07, 6.45) is 0. The maximum atomic E-state index is 5.09. The second kappa shape index (κ2) is 5.56. The second-order valence-electron chi connectivity index (χ2n) is 0.977. The van der Waals surface area contributed by atoms with E-state index in [1.165, 1.54) is 0 Å². The largest absolute Gasteiger partial charge is 0.386 e. The standard InChI is InChI=1S/C3H9N3.ClH/c1-3(4)6-5-2;/h5H,1-2H3,(H2,4,6);1H. The van der Waals surface area contributed by atoms with Crippen LogP contribution in [0.2, 0.25) is 0 Å². The zero-order chi connectivity index (χ0) is 4.99. The molecule has 0 amide bonds. The Morgan fingerprint density at radius 2 is 2.14 bits per heavy atom. The smallest absolute Gasteiger partial charge is 0.116 e. The minimum atomic E-state index is 0. The van der Waals surface area contributed by atoms with E-state index in [-0.39, 0.29) is 12.4 Å². The zero-order valence-corrected chi connectivity index (χ0v) is 5.25. The quantitative estimate of drug-likeness (QED) is 0.291. The van der Waals surface area contributed by atoms with Crippen molar-refractivity contribution in [2.24, 2.45) is 10.8 Å². The summed E-state index contributed by atoms with van der Waals surface area (Å²) in [6, 6.07) is 0. The summed E-state index contributed by atoms with van der Waals surface area (Å²) in [4.78, 5) is 0. The lowest BCUT2D eigenvalue weighted by Crippen LogP contribution is -2.10. The average molecular weight is 124 g/mol. The molecule has 0 aromatic heterocycles. The fourth-order valence-corrected chi connectivity index (χ4v) is 0.176. The van der Waals surface area contributed by atoms with Crippen molar-refractivity contribution in [1.29, 1.82) is 0 Å². The molecule has 0 radical (unpaired) electrons. The summed E-state index contributed by atoms with van der Waals surface area (Å²) in [6.45, 7) is 1.72. The van der Waals surface area contributed by atoms with Gasteiger partial charge in [-0.05, 0) is 6.92 Å². The molecule has 0 spiro atoms. The number of hydrazone groups is 1. The van der Waals surface area contributed by atoms with Crippen LogP contribution in [0.3, 0.4) is 0 Å². The number of nitrogens with two attached hydrogens (primary N) is 1. The summed E-state index contributed by atoms with van der Waals surface area (Å²) in [7, 11) is 1.70. The Hall–Kier alpha value is -0.440. The van der Waals surface area contributed by atoms with Crippen LogP contribution in [0.5, 0.6) is 0 Å². The summed E-state index contributed by atoms with van der Waals surface area (Å²) < 4.78 is 0. The first-order valence-corrected chi connectivity index (χ1v) is 1.74. The first-order valence-electron chi connectivity index (χ1n) is 1.74. The van der Waals surface area contributed by atoms with Crippen molar-refractivity contribution in [2.75, 3.05) is 7.05 Å². The van der Waals surface area contributed by atoms with Crippen LogP contribution in [-0.4, -0.2) is 12.9 Å². The van der Waals surface area contributed by atoms with E-state index in [0.717, 1.165) is 0 Å². The Morgan fingerprint density at radius 3 is 2.14 bits per heavy atom. The van der Waals surface area contributed by atoms with E-state index < -0.39 is 0 Å². The minimum absolute atomic E-state index is 0. The van der Waals surface area contributed by atoms with Gasteiger partial charge in [-0.3, -0.25) is 0 Å². The van der Waals surface area contributed by atoms with E-state index >= 15 is 0 Å². The Balaban J connectivity index is 0. The normalized spacial score (nSPS) is 9.71. The summed E-state index contributed by atoms with van der Waals surface area (Å²) >= 11 is 0. The molecular formula is C3H10ClN3. The van der Waals surface area contributed by atoms with E-state index in [4.69, 9.17) is 5.73 Å². The lowest BCUT2D eigenvalue weighted by molar-refractivity contribution is 0.896. The number of hydrogen-bond donors (Lipinski definition) is 2. The van der Waals surface area contributed by atoms with E-state index in [0.29, 0.717) is 5.84 Å². The van der Waals surface area contributed by atoms with Crippen molar-refractivity contribution in [3.63, 3.8) is 0 Å². The number of nitrogens with one attached hydrogen (secondary N) is 1. The molecule has 3 N–H and O–H groups in total. The molecule has 0 aliphatic rings. The molecule has 0 saturated heterocycles. The molecule has 7 heavy (non-hydrogen) atoms. The fourth-order valence-electron chi connectivity index (χ4n) is 0.176. The van der Waals surface area contributed by atoms with Gasteiger partial charge in [-0.1, -0.05) is 0 Å². The van der Waals surface area contributed by atoms with Crippen molar-refractivity contribution >= 4 is 18.2 Å². The number of rotatable bonds is 1. The van der Waals surface area contributed by atoms with Gasteiger partial charge in [-0.25, -0.2) is 0 Å². The first kappa shape index (κ1) is 9.75. The monoisotopic (exact) mass is 123 g/mol. The first-order chi connectivity index (χ1) is 2.77. The average Bonchev–Trinajstić information content (AvgIpc) is 1.35. The van der Waals surface area contributed by atoms with Gasteiger partial charge >= 0.3 is 0 Å². The molecular weight excluding hydrogens is 114 g/mol. The molecule has 3 nitrogen and oxygen atoms in total. The van der Waals surface area contributed by atoms with Crippen molar-refractivity contribution in [1.82, 2.24) is 5.43 Å².